The van der Waals surface area contributed by atoms with E-state index in [0.29, 0.717) is 12.1 Å². The fourth-order valence-corrected chi connectivity index (χ4v) is 5.71. The van der Waals surface area contributed by atoms with Crippen molar-refractivity contribution in [1.29, 1.82) is 5.41 Å². The molecule has 49 heavy (non-hydrogen) atoms. The molecule has 3 aromatic rings. The summed E-state index contributed by atoms with van der Waals surface area (Å²) in [6.07, 6.45) is 3.80. The average molecular weight is 673 g/mol. The zero-order chi connectivity index (χ0) is 35.5. The van der Waals surface area contributed by atoms with Crippen LogP contribution >= 0.6 is 0 Å². The summed E-state index contributed by atoms with van der Waals surface area (Å²) in [4.78, 5) is 74.7. The number of aromatic amines is 1. The number of aromatic nitrogens is 2. The maximum Gasteiger partial charge on any atom is 0.243 e. The zero-order valence-electron chi connectivity index (χ0n) is 27.6. The molecule has 0 bridgehead atoms. The summed E-state index contributed by atoms with van der Waals surface area (Å²) in [5.74, 6) is -3.10. The van der Waals surface area contributed by atoms with E-state index in [2.05, 4.69) is 31.2 Å². The molecule has 0 radical (unpaired) electrons. The molecule has 0 unspecified atom stereocenters. The van der Waals surface area contributed by atoms with Gasteiger partial charge >= 0.3 is 0 Å². The number of fused-ring (bicyclic) bond motifs is 1. The van der Waals surface area contributed by atoms with E-state index in [1.54, 1.807) is 0 Å². The van der Waals surface area contributed by atoms with Gasteiger partial charge in [0.1, 0.15) is 24.2 Å². The van der Waals surface area contributed by atoms with Crippen molar-refractivity contribution in [3.05, 3.63) is 89.0 Å². The van der Waals surface area contributed by atoms with E-state index in [4.69, 9.17) is 16.9 Å². The lowest BCUT2D eigenvalue weighted by Crippen LogP contribution is -2.59. The summed E-state index contributed by atoms with van der Waals surface area (Å²) < 4.78 is 0. The number of guanidine groups is 1. The number of hydrogen-bond donors (Lipinski definition) is 8. The van der Waals surface area contributed by atoms with E-state index in [-0.39, 0.29) is 50.6 Å². The second-order valence-electron chi connectivity index (χ2n) is 12.2. The molecular weight excluding hydrogens is 628 g/mol. The monoisotopic (exact) mass is 672 g/mol. The summed E-state index contributed by atoms with van der Waals surface area (Å²) in [6.45, 7) is 3.84. The van der Waals surface area contributed by atoms with Crippen molar-refractivity contribution >= 4 is 35.5 Å². The van der Waals surface area contributed by atoms with Crippen LogP contribution in [0.3, 0.4) is 0 Å². The quantitative estimate of drug-likeness (QED) is 0.0603. The number of primary amides is 1. The molecule has 15 nitrogen and oxygen atoms in total. The lowest BCUT2D eigenvalue weighted by molar-refractivity contribution is -0.141. The van der Waals surface area contributed by atoms with Gasteiger partial charge in [-0.1, -0.05) is 54.1 Å². The molecule has 0 saturated heterocycles. The highest BCUT2D eigenvalue weighted by Crippen LogP contribution is 2.24. The average Bonchev–Trinajstić information content (AvgIpc) is 3.58. The predicted octanol–water partition coefficient (Wildman–Crippen LogP) is -0.320. The number of carbonyl (C=O) groups is 5. The van der Waals surface area contributed by atoms with Crippen molar-refractivity contribution in [2.75, 3.05) is 6.54 Å². The van der Waals surface area contributed by atoms with Gasteiger partial charge in [-0.25, -0.2) is 4.98 Å². The summed E-state index contributed by atoms with van der Waals surface area (Å²) in [7, 11) is 0. The minimum Gasteiger partial charge on any atom is -0.370 e. The van der Waals surface area contributed by atoms with E-state index >= 15 is 0 Å². The Morgan fingerprint density at radius 2 is 1.61 bits per heavy atom. The molecule has 0 aliphatic carbocycles. The Bertz CT molecular complexity index is 1640. The highest BCUT2D eigenvalue weighted by molar-refractivity contribution is 5.95. The molecular formula is C34H44N10O5. The first-order valence-electron chi connectivity index (χ1n) is 16.1. The molecule has 0 saturated carbocycles. The fraction of sp³-hybridized carbons (Fsp3) is 0.382. The standard InChI is InChI=1S/C34H44N10O5/c1-20-9-11-22(12-10-20)14-28(43-33(49)29-15-23-6-3-4-7-24(23)18-44(29)21(2)45)32(48)41-26(8-5-13-39-34(36)37)31(47)42-27(30(35)46)16-25-17-38-19-40-25/h3-4,6-7,9-12,17,19,26-29H,5,8,13-16,18H2,1-2H3,(H2,35,46)(H,38,40)(H,41,48)(H,42,47)(H,43,49)(H4,36,37,39)/t26-,27-,28+,29-/m1/s1. The maximum absolute atomic E-state index is 14.0. The highest BCUT2D eigenvalue weighted by atomic mass is 16.2. The van der Waals surface area contributed by atoms with E-state index in [1.807, 2.05) is 55.5 Å². The van der Waals surface area contributed by atoms with Crippen LogP contribution in [-0.4, -0.2) is 81.1 Å². The van der Waals surface area contributed by atoms with Crippen LogP contribution in [0.25, 0.3) is 0 Å². The van der Waals surface area contributed by atoms with Crippen molar-refractivity contribution in [2.45, 2.75) is 76.7 Å². The van der Waals surface area contributed by atoms with Gasteiger partial charge in [-0.2, -0.15) is 0 Å². The Labute approximate surface area is 284 Å². The fourth-order valence-electron chi connectivity index (χ4n) is 5.71. The van der Waals surface area contributed by atoms with E-state index < -0.39 is 47.8 Å². The minimum absolute atomic E-state index is 0.0525. The van der Waals surface area contributed by atoms with Crippen LogP contribution in [0.2, 0.25) is 0 Å². The summed E-state index contributed by atoms with van der Waals surface area (Å²) >= 11 is 0. The number of nitrogens with zero attached hydrogens (tertiary/aromatic N) is 2. The van der Waals surface area contributed by atoms with E-state index in [1.165, 1.54) is 24.3 Å². The molecule has 1 aliphatic heterocycles. The molecule has 0 fully saturated rings. The smallest absolute Gasteiger partial charge is 0.243 e. The molecule has 2 heterocycles. The normalized spacial score (nSPS) is 15.6. The Balaban J connectivity index is 1.56. The first kappa shape index (κ1) is 36.1. The number of hydrogen-bond acceptors (Lipinski definition) is 7. The van der Waals surface area contributed by atoms with Gasteiger partial charge in [-0.3, -0.25) is 29.4 Å². The zero-order valence-corrected chi connectivity index (χ0v) is 27.6. The number of rotatable bonds is 15. The third-order valence-electron chi connectivity index (χ3n) is 8.41. The first-order chi connectivity index (χ1) is 23.4. The number of nitrogens with one attached hydrogen (secondary N) is 6. The van der Waals surface area contributed by atoms with Gasteiger partial charge in [0.2, 0.25) is 29.5 Å². The summed E-state index contributed by atoms with van der Waals surface area (Å²) in [6, 6.07) is 10.9. The number of aryl methyl sites for hydroxylation is 1. The van der Waals surface area contributed by atoms with E-state index in [9.17, 15) is 24.0 Å². The van der Waals surface area contributed by atoms with Gasteiger partial charge in [0.15, 0.2) is 5.96 Å². The Morgan fingerprint density at radius 1 is 0.939 bits per heavy atom. The van der Waals surface area contributed by atoms with Gasteiger partial charge in [-0.15, -0.1) is 0 Å². The largest absolute Gasteiger partial charge is 0.370 e. The van der Waals surface area contributed by atoms with Crippen molar-refractivity contribution in [3.8, 4) is 0 Å². The molecule has 15 heteroatoms. The lowest BCUT2D eigenvalue weighted by atomic mass is 9.93. The second kappa shape index (κ2) is 16.9. The molecule has 4 rings (SSSR count). The van der Waals surface area contributed by atoms with Gasteiger partial charge in [0, 0.05) is 51.2 Å². The van der Waals surface area contributed by atoms with Crippen LogP contribution in [-0.2, 0) is 49.8 Å². The number of benzene rings is 2. The number of imidazole rings is 1. The topological polar surface area (TPSA) is 241 Å². The summed E-state index contributed by atoms with van der Waals surface area (Å²) in [5, 5.41) is 18.3. The number of carbonyl (C=O) groups excluding carboxylic acids is 5. The number of amides is 5. The Hall–Kier alpha value is -5.73. The van der Waals surface area contributed by atoms with Crippen LogP contribution in [0.15, 0.2) is 61.1 Å². The lowest BCUT2D eigenvalue weighted by Gasteiger charge is -2.36. The minimum atomic E-state index is -1.14. The van der Waals surface area contributed by atoms with Gasteiger partial charge in [0.05, 0.1) is 6.33 Å². The molecule has 0 spiro atoms. The van der Waals surface area contributed by atoms with Gasteiger partial charge in [0.25, 0.3) is 0 Å². The number of H-pyrrole nitrogens is 1. The van der Waals surface area contributed by atoms with Crippen LogP contribution in [0.4, 0.5) is 0 Å². The van der Waals surface area contributed by atoms with Crippen LogP contribution < -0.4 is 32.7 Å². The van der Waals surface area contributed by atoms with Crippen molar-refractivity contribution in [1.82, 2.24) is 36.1 Å². The number of nitrogens with two attached hydrogens (primary N) is 2. The maximum atomic E-state index is 14.0. The van der Waals surface area contributed by atoms with E-state index in [0.717, 1.165) is 22.3 Å². The van der Waals surface area contributed by atoms with Gasteiger partial charge in [-0.05, 0) is 36.5 Å². The first-order valence-corrected chi connectivity index (χ1v) is 16.1. The molecule has 260 valence electrons. The second-order valence-corrected chi connectivity index (χ2v) is 12.2. The third kappa shape index (κ3) is 10.4. The van der Waals surface area contributed by atoms with Crippen LogP contribution in [0, 0.1) is 12.3 Å². The van der Waals surface area contributed by atoms with Crippen molar-refractivity contribution in [3.63, 3.8) is 0 Å². The molecule has 5 amide bonds. The molecule has 4 atom stereocenters. The molecule has 1 aliphatic rings. The Kier molecular flexibility index (Phi) is 12.5. The van der Waals surface area contributed by atoms with Crippen LogP contribution in [0.1, 0.15) is 47.7 Å². The highest BCUT2D eigenvalue weighted by Gasteiger charge is 2.36. The van der Waals surface area contributed by atoms with Crippen molar-refractivity contribution in [2.24, 2.45) is 11.5 Å². The Morgan fingerprint density at radius 3 is 2.24 bits per heavy atom. The van der Waals surface area contributed by atoms with Crippen LogP contribution in [0.5, 0.6) is 0 Å². The third-order valence-corrected chi connectivity index (χ3v) is 8.41. The predicted molar refractivity (Wildman–Crippen MR) is 181 cm³/mol. The molecule has 1 aromatic heterocycles. The summed E-state index contributed by atoms with van der Waals surface area (Å²) in [5.41, 5.74) is 15.2. The SMILES string of the molecule is CC(=O)N1Cc2ccccc2C[C@@H]1C(=O)N[C@@H](Cc1ccc(C)cc1)C(=O)N[C@H](CCCNC(=N)N)C(=O)N[C@H](Cc1cnc[nH]1)C(N)=O. The molecule has 10 N–H and O–H groups in total. The molecule has 2 aromatic carbocycles. The van der Waals surface area contributed by atoms with Gasteiger partial charge < -0.3 is 42.6 Å². The van der Waals surface area contributed by atoms with Crippen molar-refractivity contribution < 1.29 is 24.0 Å².